The third-order valence-electron chi connectivity index (χ3n) is 2.96. The van der Waals surface area contributed by atoms with E-state index in [1.165, 1.54) is 0 Å². The van der Waals surface area contributed by atoms with E-state index in [1.54, 1.807) is 12.1 Å². The molecule has 1 unspecified atom stereocenters. The van der Waals surface area contributed by atoms with Gasteiger partial charge in [0.15, 0.2) is 0 Å². The molecule has 0 aromatic heterocycles. The lowest BCUT2D eigenvalue weighted by Gasteiger charge is -2.32. The predicted octanol–water partition coefficient (Wildman–Crippen LogP) is 2.35. The zero-order valence-electron chi connectivity index (χ0n) is 11.2. The average Bonchev–Trinajstić information content (AvgIpc) is 2.29. The first-order valence-corrected chi connectivity index (χ1v) is 6.05. The minimum atomic E-state index is -0.00313. The van der Waals surface area contributed by atoms with E-state index in [4.69, 9.17) is 16.1 Å². The smallest absolute Gasteiger partial charge is 0.101 e. The summed E-state index contributed by atoms with van der Waals surface area (Å²) >= 11 is 0. The average molecular weight is 247 g/mol. The first kappa shape index (κ1) is 14.3. The highest BCUT2D eigenvalue weighted by molar-refractivity contribution is 5.63. The number of rotatable bonds is 4. The number of nitrogens with two attached hydrogens (primary N) is 1. The van der Waals surface area contributed by atoms with Gasteiger partial charge in [0, 0.05) is 18.3 Å². The molecule has 0 fully saturated rings. The van der Waals surface area contributed by atoms with E-state index in [-0.39, 0.29) is 18.1 Å². The molecule has 0 saturated heterocycles. The molecule has 1 atom stereocenters. The number of aliphatic hydroxyl groups excluding tert-OH is 1. The Bertz CT molecular complexity index is 443. The molecule has 18 heavy (non-hydrogen) atoms. The van der Waals surface area contributed by atoms with Gasteiger partial charge in [-0.3, -0.25) is 0 Å². The lowest BCUT2D eigenvalue weighted by atomic mass is 9.84. The number of nitrogens with one attached hydrogen (secondary N) is 1. The van der Waals surface area contributed by atoms with E-state index < -0.39 is 0 Å². The second-order valence-electron chi connectivity index (χ2n) is 5.49. The van der Waals surface area contributed by atoms with Crippen LogP contribution in [-0.2, 0) is 0 Å². The molecule has 0 heterocycles. The van der Waals surface area contributed by atoms with E-state index in [0.717, 1.165) is 5.69 Å². The van der Waals surface area contributed by atoms with Crippen molar-refractivity contribution in [2.75, 3.05) is 17.7 Å². The van der Waals surface area contributed by atoms with Crippen LogP contribution in [0, 0.1) is 16.7 Å². The number of benzene rings is 1. The quantitative estimate of drug-likeness (QED) is 0.713. The third kappa shape index (κ3) is 3.64. The van der Waals surface area contributed by atoms with Crippen molar-refractivity contribution >= 4 is 11.4 Å². The monoisotopic (exact) mass is 247 g/mol. The van der Waals surface area contributed by atoms with Crippen LogP contribution in [0.25, 0.3) is 0 Å². The van der Waals surface area contributed by atoms with Crippen molar-refractivity contribution in [3.63, 3.8) is 0 Å². The summed E-state index contributed by atoms with van der Waals surface area (Å²) in [5.41, 5.74) is 7.53. The van der Waals surface area contributed by atoms with Crippen LogP contribution in [-0.4, -0.2) is 17.8 Å². The number of nitrogens with zero attached hydrogens (tertiary/aromatic N) is 1. The van der Waals surface area contributed by atoms with Crippen LogP contribution < -0.4 is 11.1 Å². The fourth-order valence-electron chi connectivity index (χ4n) is 1.82. The highest BCUT2D eigenvalue weighted by atomic mass is 16.3. The molecular formula is C14H21N3O. The molecule has 98 valence electrons. The van der Waals surface area contributed by atoms with Crippen molar-refractivity contribution in [2.24, 2.45) is 5.41 Å². The van der Waals surface area contributed by atoms with Gasteiger partial charge in [-0.2, -0.15) is 5.26 Å². The molecule has 4 heteroatoms. The molecule has 0 aliphatic heterocycles. The van der Waals surface area contributed by atoms with Crippen LogP contribution in [0.3, 0.4) is 0 Å². The molecule has 0 radical (unpaired) electrons. The van der Waals surface area contributed by atoms with E-state index in [9.17, 15) is 0 Å². The maximum Gasteiger partial charge on any atom is 0.101 e. The van der Waals surface area contributed by atoms with Gasteiger partial charge in [-0.05, 0) is 30.0 Å². The number of anilines is 2. The molecule has 0 aliphatic carbocycles. The van der Waals surface area contributed by atoms with Crippen molar-refractivity contribution < 1.29 is 5.11 Å². The van der Waals surface area contributed by atoms with Gasteiger partial charge in [-0.1, -0.05) is 20.8 Å². The number of hydrogen-bond acceptors (Lipinski definition) is 4. The minimum Gasteiger partial charge on any atom is -0.399 e. The molecule has 4 N–H and O–H groups in total. The second-order valence-corrected chi connectivity index (χ2v) is 5.49. The summed E-state index contributed by atoms with van der Waals surface area (Å²) in [6, 6.07) is 7.45. The van der Waals surface area contributed by atoms with Crippen LogP contribution in [0.2, 0.25) is 0 Å². The van der Waals surface area contributed by atoms with Crippen molar-refractivity contribution in [1.82, 2.24) is 0 Å². The Morgan fingerprint density at radius 1 is 1.44 bits per heavy atom. The zero-order valence-corrected chi connectivity index (χ0v) is 11.2. The first-order valence-electron chi connectivity index (χ1n) is 6.05. The number of hydrogen-bond donors (Lipinski definition) is 3. The predicted molar refractivity (Wildman–Crippen MR) is 74.1 cm³/mol. The van der Waals surface area contributed by atoms with Crippen molar-refractivity contribution in [2.45, 2.75) is 33.2 Å². The highest BCUT2D eigenvalue weighted by Crippen LogP contribution is 2.27. The van der Waals surface area contributed by atoms with E-state index >= 15 is 0 Å². The molecule has 4 nitrogen and oxygen atoms in total. The second kappa shape index (κ2) is 5.74. The molecule has 1 aromatic rings. The van der Waals surface area contributed by atoms with Gasteiger partial charge in [-0.25, -0.2) is 0 Å². The first-order chi connectivity index (χ1) is 8.38. The van der Waals surface area contributed by atoms with Crippen LogP contribution in [0.15, 0.2) is 18.2 Å². The molecule has 0 aliphatic rings. The molecule has 0 bridgehead atoms. The number of nitrogen functional groups attached to an aromatic ring is 1. The Morgan fingerprint density at radius 3 is 2.61 bits per heavy atom. The van der Waals surface area contributed by atoms with Gasteiger partial charge in [0.05, 0.1) is 11.3 Å². The topological polar surface area (TPSA) is 82.1 Å². The highest BCUT2D eigenvalue weighted by Gasteiger charge is 2.24. The Hall–Kier alpha value is -1.73. The molecule has 1 aromatic carbocycles. The minimum absolute atomic E-state index is 0.00313. The summed E-state index contributed by atoms with van der Waals surface area (Å²) in [7, 11) is 0. The fourth-order valence-corrected chi connectivity index (χ4v) is 1.82. The van der Waals surface area contributed by atoms with Gasteiger partial charge in [-0.15, -0.1) is 0 Å². The van der Waals surface area contributed by atoms with Crippen LogP contribution >= 0.6 is 0 Å². The van der Waals surface area contributed by atoms with Gasteiger partial charge in [0.2, 0.25) is 0 Å². The Balaban J connectivity index is 2.98. The van der Waals surface area contributed by atoms with Gasteiger partial charge in [0.1, 0.15) is 6.07 Å². The van der Waals surface area contributed by atoms with E-state index in [0.29, 0.717) is 17.7 Å². The lowest BCUT2D eigenvalue weighted by molar-refractivity contribution is 0.235. The molecule has 0 saturated carbocycles. The van der Waals surface area contributed by atoms with Crippen LogP contribution in [0.4, 0.5) is 11.4 Å². The maximum absolute atomic E-state index is 9.12. The van der Waals surface area contributed by atoms with Crippen molar-refractivity contribution in [1.29, 1.82) is 5.26 Å². The molecule has 0 amide bonds. The Labute approximate surface area is 108 Å². The fraction of sp³-hybridized carbons (Fsp3) is 0.500. The normalized spacial score (nSPS) is 12.8. The number of aliphatic hydroxyl groups is 1. The van der Waals surface area contributed by atoms with E-state index in [1.807, 2.05) is 6.07 Å². The summed E-state index contributed by atoms with van der Waals surface area (Å²) in [5.74, 6) is 0. The maximum atomic E-state index is 9.12. The standard InChI is InChI=1S/C14H21N3O/c1-14(2,3)13(6-7-18)17-12-5-4-11(16)8-10(12)9-15/h4-5,8,13,17-18H,6-7,16H2,1-3H3. The van der Waals surface area contributed by atoms with Crippen molar-refractivity contribution in [3.05, 3.63) is 23.8 Å². The zero-order chi connectivity index (χ0) is 13.8. The summed E-state index contributed by atoms with van der Waals surface area (Å²) in [5, 5.41) is 21.5. The molecule has 1 rings (SSSR count). The summed E-state index contributed by atoms with van der Waals surface area (Å²) in [4.78, 5) is 0. The van der Waals surface area contributed by atoms with Gasteiger partial charge < -0.3 is 16.2 Å². The third-order valence-corrected chi connectivity index (χ3v) is 2.96. The summed E-state index contributed by atoms with van der Waals surface area (Å²) in [6.07, 6.45) is 0.638. The molecular weight excluding hydrogens is 226 g/mol. The van der Waals surface area contributed by atoms with E-state index in [2.05, 4.69) is 32.2 Å². The number of nitriles is 1. The van der Waals surface area contributed by atoms with Crippen LogP contribution in [0.5, 0.6) is 0 Å². The Kier molecular flexibility index (Phi) is 4.57. The van der Waals surface area contributed by atoms with Gasteiger partial charge >= 0.3 is 0 Å². The van der Waals surface area contributed by atoms with Gasteiger partial charge in [0.25, 0.3) is 0 Å². The summed E-state index contributed by atoms with van der Waals surface area (Å²) < 4.78 is 0. The largest absolute Gasteiger partial charge is 0.399 e. The van der Waals surface area contributed by atoms with Crippen molar-refractivity contribution in [3.8, 4) is 6.07 Å². The SMILES string of the molecule is CC(C)(C)C(CCO)Nc1ccc(N)cc1C#N. The summed E-state index contributed by atoms with van der Waals surface area (Å²) in [6.45, 7) is 6.42. The Morgan fingerprint density at radius 2 is 2.11 bits per heavy atom. The molecule has 0 spiro atoms. The van der Waals surface area contributed by atoms with Crippen LogP contribution in [0.1, 0.15) is 32.8 Å². The lowest BCUT2D eigenvalue weighted by Crippen LogP contribution is -2.35.